The lowest BCUT2D eigenvalue weighted by atomic mass is 9.93. The van der Waals surface area contributed by atoms with Crippen LogP contribution in [0.4, 0.5) is 8.78 Å². The van der Waals surface area contributed by atoms with Crippen LogP contribution in [0.15, 0.2) is 0 Å². The molecule has 3 N–H and O–H groups in total. The molecule has 3 atom stereocenters. The molecule has 0 spiro atoms. The van der Waals surface area contributed by atoms with Gasteiger partial charge >= 0.3 is 0 Å². The molecule has 1 saturated heterocycles. The van der Waals surface area contributed by atoms with Gasteiger partial charge in [-0.05, 0) is 38.1 Å². The molecule has 2 fully saturated rings. The summed E-state index contributed by atoms with van der Waals surface area (Å²) in [4.78, 5) is 0. The maximum absolute atomic E-state index is 13.0. The van der Waals surface area contributed by atoms with Crippen molar-refractivity contribution < 1.29 is 13.9 Å². The van der Waals surface area contributed by atoms with Gasteiger partial charge in [0.15, 0.2) is 0 Å². The highest BCUT2D eigenvalue weighted by Gasteiger charge is 2.37. The number of hydrogen-bond acceptors (Lipinski definition) is 3. The van der Waals surface area contributed by atoms with Gasteiger partial charge in [0.05, 0.1) is 6.54 Å². The van der Waals surface area contributed by atoms with Crippen molar-refractivity contribution in [2.24, 2.45) is 5.92 Å². The minimum Gasteiger partial charge on any atom is -0.390 e. The minimum absolute atomic E-state index is 0.183. The van der Waals surface area contributed by atoms with Gasteiger partial charge in [-0.15, -0.1) is 0 Å². The SMILES string of the molecule is OCC(F)(F)CNC1CCCC1C1CCCN1. The van der Waals surface area contributed by atoms with E-state index < -0.39 is 19.1 Å². The lowest BCUT2D eigenvalue weighted by molar-refractivity contribution is -0.0502. The van der Waals surface area contributed by atoms with Gasteiger partial charge < -0.3 is 15.7 Å². The van der Waals surface area contributed by atoms with E-state index in [0.717, 1.165) is 25.8 Å². The molecule has 0 bridgehead atoms. The monoisotopic (exact) mass is 248 g/mol. The van der Waals surface area contributed by atoms with Gasteiger partial charge in [0.1, 0.15) is 6.61 Å². The van der Waals surface area contributed by atoms with Crippen molar-refractivity contribution in [3.8, 4) is 0 Å². The predicted octanol–water partition coefficient (Wildman–Crippen LogP) is 1.12. The van der Waals surface area contributed by atoms with Crippen LogP contribution in [0.2, 0.25) is 0 Å². The summed E-state index contributed by atoms with van der Waals surface area (Å²) in [5.41, 5.74) is 0. The van der Waals surface area contributed by atoms with Crippen LogP contribution in [0.25, 0.3) is 0 Å². The van der Waals surface area contributed by atoms with Crippen LogP contribution in [0.5, 0.6) is 0 Å². The number of aliphatic hydroxyl groups is 1. The first-order valence-corrected chi connectivity index (χ1v) is 6.58. The Balaban J connectivity index is 1.82. The Morgan fingerprint density at radius 3 is 2.71 bits per heavy atom. The molecule has 5 heteroatoms. The number of rotatable bonds is 5. The average molecular weight is 248 g/mol. The summed E-state index contributed by atoms with van der Waals surface area (Å²) >= 11 is 0. The molecule has 3 unspecified atom stereocenters. The first-order valence-electron chi connectivity index (χ1n) is 6.58. The largest absolute Gasteiger partial charge is 0.390 e. The summed E-state index contributed by atoms with van der Waals surface area (Å²) in [6.07, 6.45) is 5.58. The Labute approximate surface area is 101 Å². The molecular formula is C12H22F2N2O. The molecule has 2 rings (SSSR count). The number of aliphatic hydroxyl groups excluding tert-OH is 1. The third-order valence-corrected chi connectivity index (χ3v) is 4.04. The molecule has 1 heterocycles. The van der Waals surface area contributed by atoms with Crippen molar-refractivity contribution in [2.45, 2.75) is 50.1 Å². The fourth-order valence-electron chi connectivity index (χ4n) is 3.14. The highest BCUT2D eigenvalue weighted by atomic mass is 19.3. The first kappa shape index (κ1) is 13.2. The predicted molar refractivity (Wildman–Crippen MR) is 62.2 cm³/mol. The van der Waals surface area contributed by atoms with E-state index in [9.17, 15) is 8.78 Å². The van der Waals surface area contributed by atoms with Crippen molar-refractivity contribution in [3.05, 3.63) is 0 Å². The van der Waals surface area contributed by atoms with Crippen LogP contribution < -0.4 is 10.6 Å². The van der Waals surface area contributed by atoms with Gasteiger partial charge in [-0.25, -0.2) is 8.78 Å². The van der Waals surface area contributed by atoms with Crippen molar-refractivity contribution in [2.75, 3.05) is 19.7 Å². The highest BCUT2D eigenvalue weighted by Crippen LogP contribution is 2.32. The van der Waals surface area contributed by atoms with E-state index in [-0.39, 0.29) is 6.04 Å². The molecule has 1 aliphatic heterocycles. The molecule has 0 amide bonds. The third kappa shape index (κ3) is 3.36. The fraction of sp³-hybridized carbons (Fsp3) is 1.00. The lowest BCUT2D eigenvalue weighted by Crippen LogP contribution is -2.46. The van der Waals surface area contributed by atoms with Crippen LogP contribution in [0.1, 0.15) is 32.1 Å². The second kappa shape index (κ2) is 5.59. The van der Waals surface area contributed by atoms with E-state index >= 15 is 0 Å². The van der Waals surface area contributed by atoms with E-state index in [1.54, 1.807) is 0 Å². The fourth-order valence-corrected chi connectivity index (χ4v) is 3.14. The maximum Gasteiger partial charge on any atom is 0.282 e. The van der Waals surface area contributed by atoms with E-state index in [2.05, 4.69) is 10.6 Å². The van der Waals surface area contributed by atoms with E-state index in [1.807, 2.05) is 0 Å². The lowest BCUT2D eigenvalue weighted by Gasteiger charge is -2.28. The van der Waals surface area contributed by atoms with Crippen molar-refractivity contribution >= 4 is 0 Å². The third-order valence-electron chi connectivity index (χ3n) is 4.04. The smallest absolute Gasteiger partial charge is 0.282 e. The van der Waals surface area contributed by atoms with Gasteiger partial charge in [0.25, 0.3) is 5.92 Å². The Morgan fingerprint density at radius 2 is 2.06 bits per heavy atom. The molecule has 0 aromatic heterocycles. The second-order valence-electron chi connectivity index (χ2n) is 5.30. The zero-order valence-corrected chi connectivity index (χ0v) is 10.1. The topological polar surface area (TPSA) is 44.3 Å². The Bertz CT molecular complexity index is 245. The number of hydrogen-bond donors (Lipinski definition) is 3. The zero-order chi connectivity index (χ0) is 12.3. The summed E-state index contributed by atoms with van der Waals surface area (Å²) in [5.74, 6) is -2.51. The van der Waals surface area contributed by atoms with Gasteiger partial charge in [-0.2, -0.15) is 0 Å². The van der Waals surface area contributed by atoms with E-state index in [0.29, 0.717) is 12.0 Å². The van der Waals surface area contributed by atoms with Crippen LogP contribution in [0.3, 0.4) is 0 Å². The van der Waals surface area contributed by atoms with Gasteiger partial charge in [0, 0.05) is 12.1 Å². The molecule has 2 aliphatic rings. The molecule has 0 aromatic rings. The molecule has 1 aliphatic carbocycles. The van der Waals surface area contributed by atoms with Gasteiger partial charge in [-0.1, -0.05) is 6.42 Å². The number of alkyl halides is 2. The van der Waals surface area contributed by atoms with Crippen molar-refractivity contribution in [1.82, 2.24) is 10.6 Å². The highest BCUT2D eigenvalue weighted by molar-refractivity contribution is 4.93. The maximum atomic E-state index is 13.0. The van der Waals surface area contributed by atoms with Gasteiger partial charge in [0.2, 0.25) is 0 Å². The summed E-state index contributed by atoms with van der Waals surface area (Å²) in [5, 5.41) is 15.0. The summed E-state index contributed by atoms with van der Waals surface area (Å²) in [6, 6.07) is 0.681. The standard InChI is InChI=1S/C12H22F2N2O/c13-12(14,8-17)7-16-11-4-1-3-9(11)10-5-2-6-15-10/h9-11,15-17H,1-8H2. The molecular weight excluding hydrogens is 226 g/mol. The minimum atomic E-state index is -2.99. The van der Waals surface area contributed by atoms with Gasteiger partial charge in [-0.3, -0.25) is 0 Å². The summed E-state index contributed by atoms with van der Waals surface area (Å²) in [7, 11) is 0. The summed E-state index contributed by atoms with van der Waals surface area (Å²) < 4.78 is 26.0. The van der Waals surface area contributed by atoms with Crippen LogP contribution in [-0.4, -0.2) is 42.8 Å². The molecule has 3 nitrogen and oxygen atoms in total. The number of halogens is 2. The Kier molecular flexibility index (Phi) is 4.33. The molecule has 100 valence electrons. The van der Waals surface area contributed by atoms with E-state index in [4.69, 9.17) is 5.11 Å². The summed E-state index contributed by atoms with van der Waals surface area (Å²) in [6.45, 7) is -0.420. The molecule has 1 saturated carbocycles. The molecule has 17 heavy (non-hydrogen) atoms. The average Bonchev–Trinajstić information content (AvgIpc) is 2.96. The normalized spacial score (nSPS) is 34.4. The van der Waals surface area contributed by atoms with E-state index in [1.165, 1.54) is 12.8 Å². The van der Waals surface area contributed by atoms with Crippen LogP contribution in [0, 0.1) is 5.92 Å². The molecule has 0 aromatic carbocycles. The Morgan fingerprint density at radius 1 is 1.24 bits per heavy atom. The molecule has 0 radical (unpaired) electrons. The first-order chi connectivity index (χ1) is 8.12. The van der Waals surface area contributed by atoms with Crippen molar-refractivity contribution in [3.63, 3.8) is 0 Å². The Hall–Kier alpha value is -0.260. The quantitative estimate of drug-likeness (QED) is 0.683. The zero-order valence-electron chi connectivity index (χ0n) is 10.1. The van der Waals surface area contributed by atoms with Crippen LogP contribution >= 0.6 is 0 Å². The van der Waals surface area contributed by atoms with Crippen molar-refractivity contribution in [1.29, 1.82) is 0 Å². The second-order valence-corrected chi connectivity index (χ2v) is 5.30. The number of nitrogens with one attached hydrogen (secondary N) is 2. The van der Waals surface area contributed by atoms with Crippen LogP contribution in [-0.2, 0) is 0 Å².